The van der Waals surface area contributed by atoms with Crippen LogP contribution in [0.15, 0.2) is 12.2 Å². The van der Waals surface area contributed by atoms with Crippen molar-refractivity contribution < 1.29 is 5.11 Å². The van der Waals surface area contributed by atoms with Gasteiger partial charge in [0.2, 0.25) is 0 Å². The highest BCUT2D eigenvalue weighted by atomic mass is 16.3. The minimum Gasteiger partial charge on any atom is -0.392 e. The summed E-state index contributed by atoms with van der Waals surface area (Å²) in [5, 5.41) is 9.54. The lowest BCUT2D eigenvalue weighted by Gasteiger charge is -2.36. The zero-order valence-corrected chi connectivity index (χ0v) is 8.15. The van der Waals surface area contributed by atoms with Crippen molar-refractivity contribution in [3.8, 4) is 0 Å². The van der Waals surface area contributed by atoms with Gasteiger partial charge in [-0.15, -0.1) is 0 Å². The van der Waals surface area contributed by atoms with E-state index in [0.717, 1.165) is 19.4 Å². The van der Waals surface area contributed by atoms with Gasteiger partial charge in [0.1, 0.15) is 0 Å². The van der Waals surface area contributed by atoms with Crippen molar-refractivity contribution in [1.29, 1.82) is 0 Å². The average molecular weight is 181 g/mol. The minimum atomic E-state index is -0.0796. The van der Waals surface area contributed by atoms with Gasteiger partial charge in [-0.3, -0.25) is 4.90 Å². The molecule has 2 rings (SSSR count). The van der Waals surface area contributed by atoms with Crippen LogP contribution in [-0.4, -0.2) is 35.2 Å². The average Bonchev–Trinajstić information content (AvgIpc) is 2.19. The Hall–Kier alpha value is -0.340. The van der Waals surface area contributed by atoms with Crippen LogP contribution in [0.2, 0.25) is 0 Å². The topological polar surface area (TPSA) is 23.5 Å². The van der Waals surface area contributed by atoms with Crippen LogP contribution in [0.4, 0.5) is 0 Å². The van der Waals surface area contributed by atoms with Crippen molar-refractivity contribution in [2.75, 3.05) is 13.1 Å². The second kappa shape index (κ2) is 4.25. The zero-order valence-electron chi connectivity index (χ0n) is 8.15. The summed E-state index contributed by atoms with van der Waals surface area (Å²) in [4.78, 5) is 2.43. The molecule has 0 aromatic carbocycles. The first-order valence-corrected chi connectivity index (χ1v) is 5.45. The van der Waals surface area contributed by atoms with E-state index >= 15 is 0 Å². The van der Waals surface area contributed by atoms with Crippen molar-refractivity contribution in [3.63, 3.8) is 0 Å². The van der Waals surface area contributed by atoms with Crippen LogP contribution in [0.25, 0.3) is 0 Å². The molecule has 0 radical (unpaired) electrons. The molecule has 0 aromatic rings. The smallest absolute Gasteiger partial charge is 0.0667 e. The van der Waals surface area contributed by atoms with E-state index in [1.807, 2.05) is 0 Å². The van der Waals surface area contributed by atoms with Gasteiger partial charge >= 0.3 is 0 Å². The van der Waals surface area contributed by atoms with Crippen LogP contribution in [-0.2, 0) is 0 Å². The third-order valence-corrected chi connectivity index (χ3v) is 3.13. The molecule has 0 bridgehead atoms. The quantitative estimate of drug-likeness (QED) is 0.620. The summed E-state index contributed by atoms with van der Waals surface area (Å²) in [7, 11) is 0. The van der Waals surface area contributed by atoms with Crippen molar-refractivity contribution in [1.82, 2.24) is 4.90 Å². The first kappa shape index (κ1) is 9.22. The Morgan fingerprint density at radius 1 is 1.23 bits per heavy atom. The number of aliphatic hydroxyl groups excluding tert-OH is 1. The van der Waals surface area contributed by atoms with Gasteiger partial charge in [-0.05, 0) is 38.6 Å². The predicted octanol–water partition coefficient (Wildman–Crippen LogP) is 1.55. The SMILES string of the molecule is O[C@H]1CCCN(C2C=CCCC2)C1. The van der Waals surface area contributed by atoms with E-state index in [1.165, 1.54) is 25.8 Å². The van der Waals surface area contributed by atoms with Gasteiger partial charge in [0, 0.05) is 12.6 Å². The van der Waals surface area contributed by atoms with Crippen molar-refractivity contribution in [2.45, 2.75) is 44.2 Å². The molecule has 1 aliphatic carbocycles. The third kappa shape index (κ3) is 2.32. The van der Waals surface area contributed by atoms with Crippen molar-refractivity contribution in [2.24, 2.45) is 0 Å². The van der Waals surface area contributed by atoms with Crippen molar-refractivity contribution >= 4 is 0 Å². The number of allylic oxidation sites excluding steroid dienone is 1. The number of hydrogen-bond acceptors (Lipinski definition) is 2. The fraction of sp³-hybridized carbons (Fsp3) is 0.818. The normalized spacial score (nSPS) is 36.4. The van der Waals surface area contributed by atoms with Gasteiger partial charge < -0.3 is 5.11 Å². The Labute approximate surface area is 80.2 Å². The summed E-state index contributed by atoms with van der Waals surface area (Å²) < 4.78 is 0. The molecule has 2 aliphatic rings. The maximum absolute atomic E-state index is 9.54. The van der Waals surface area contributed by atoms with E-state index in [2.05, 4.69) is 17.1 Å². The minimum absolute atomic E-state index is 0.0796. The fourth-order valence-corrected chi connectivity index (χ4v) is 2.38. The highest BCUT2D eigenvalue weighted by Crippen LogP contribution is 2.20. The second-order valence-corrected chi connectivity index (χ2v) is 4.22. The molecular weight excluding hydrogens is 162 g/mol. The van der Waals surface area contributed by atoms with E-state index in [4.69, 9.17) is 0 Å². The molecule has 0 amide bonds. The number of likely N-dealkylation sites (tertiary alicyclic amines) is 1. The number of rotatable bonds is 1. The summed E-state index contributed by atoms with van der Waals surface area (Å²) in [6.45, 7) is 2.06. The van der Waals surface area contributed by atoms with Crippen molar-refractivity contribution in [3.05, 3.63) is 12.2 Å². The molecule has 13 heavy (non-hydrogen) atoms. The molecular formula is C11H19NO. The van der Waals surface area contributed by atoms with Gasteiger partial charge in [-0.25, -0.2) is 0 Å². The Balaban J connectivity index is 1.91. The first-order chi connectivity index (χ1) is 6.36. The summed E-state index contributed by atoms with van der Waals surface area (Å²) >= 11 is 0. The lowest BCUT2D eigenvalue weighted by atomic mass is 9.98. The maximum atomic E-state index is 9.54. The number of aliphatic hydroxyl groups is 1. The largest absolute Gasteiger partial charge is 0.392 e. The Morgan fingerprint density at radius 2 is 2.15 bits per heavy atom. The molecule has 2 heteroatoms. The molecule has 0 saturated carbocycles. The Bertz CT molecular complexity index is 191. The van der Waals surface area contributed by atoms with E-state index in [9.17, 15) is 5.11 Å². The lowest BCUT2D eigenvalue weighted by Crippen LogP contribution is -2.44. The van der Waals surface area contributed by atoms with Gasteiger partial charge in [0.15, 0.2) is 0 Å². The van der Waals surface area contributed by atoms with Crippen LogP contribution in [0.5, 0.6) is 0 Å². The van der Waals surface area contributed by atoms with Crippen LogP contribution < -0.4 is 0 Å². The molecule has 2 atom stereocenters. The molecule has 1 fully saturated rings. The van der Waals surface area contributed by atoms with Gasteiger partial charge in [0.25, 0.3) is 0 Å². The molecule has 0 spiro atoms. The lowest BCUT2D eigenvalue weighted by molar-refractivity contribution is 0.0538. The first-order valence-electron chi connectivity index (χ1n) is 5.45. The molecule has 1 unspecified atom stereocenters. The Morgan fingerprint density at radius 3 is 2.85 bits per heavy atom. The van der Waals surface area contributed by atoms with Gasteiger partial charge in [0.05, 0.1) is 6.10 Å². The van der Waals surface area contributed by atoms with Crippen LogP contribution in [0.3, 0.4) is 0 Å². The van der Waals surface area contributed by atoms with E-state index in [-0.39, 0.29) is 6.10 Å². The second-order valence-electron chi connectivity index (χ2n) is 4.22. The number of nitrogens with zero attached hydrogens (tertiary/aromatic N) is 1. The number of β-amino-alcohol motifs (C(OH)–C–C–N with tert-alkyl or cyclic N) is 1. The highest BCUT2D eigenvalue weighted by Gasteiger charge is 2.23. The summed E-state index contributed by atoms with van der Waals surface area (Å²) in [6.07, 6.45) is 10.5. The third-order valence-electron chi connectivity index (χ3n) is 3.13. The summed E-state index contributed by atoms with van der Waals surface area (Å²) in [6, 6.07) is 0.615. The summed E-state index contributed by atoms with van der Waals surface area (Å²) in [5.41, 5.74) is 0. The van der Waals surface area contributed by atoms with Gasteiger partial charge in [-0.2, -0.15) is 0 Å². The van der Waals surface area contributed by atoms with E-state index in [0.29, 0.717) is 6.04 Å². The van der Waals surface area contributed by atoms with Crippen LogP contribution in [0.1, 0.15) is 32.1 Å². The monoisotopic (exact) mass is 181 g/mol. The van der Waals surface area contributed by atoms with Crippen LogP contribution >= 0.6 is 0 Å². The molecule has 0 aromatic heterocycles. The van der Waals surface area contributed by atoms with Gasteiger partial charge in [-0.1, -0.05) is 12.2 Å². The zero-order chi connectivity index (χ0) is 9.10. The van der Waals surface area contributed by atoms with E-state index in [1.54, 1.807) is 0 Å². The molecule has 1 heterocycles. The predicted molar refractivity (Wildman–Crippen MR) is 53.6 cm³/mol. The molecule has 1 aliphatic heterocycles. The number of hydrogen-bond donors (Lipinski definition) is 1. The molecule has 1 saturated heterocycles. The highest BCUT2D eigenvalue weighted by molar-refractivity contribution is 4.99. The molecule has 74 valence electrons. The number of piperidine rings is 1. The molecule has 1 N–H and O–H groups in total. The Kier molecular flexibility index (Phi) is 3.01. The van der Waals surface area contributed by atoms with E-state index < -0.39 is 0 Å². The maximum Gasteiger partial charge on any atom is 0.0667 e. The molecule has 2 nitrogen and oxygen atoms in total. The fourth-order valence-electron chi connectivity index (χ4n) is 2.38. The summed E-state index contributed by atoms with van der Waals surface area (Å²) in [5.74, 6) is 0. The van der Waals surface area contributed by atoms with Crippen LogP contribution in [0, 0.1) is 0 Å². The standard InChI is InChI=1S/C11H19NO/c13-11-7-4-8-12(9-11)10-5-2-1-3-6-10/h2,5,10-11,13H,1,3-4,6-9H2/t10?,11-/m0/s1.